The third kappa shape index (κ3) is 3.39. The summed E-state index contributed by atoms with van der Waals surface area (Å²) in [7, 11) is 3.80. The Kier molecular flexibility index (Phi) is 4.07. The number of nitrogens with zero attached hydrogens (tertiary/aromatic N) is 2. The van der Waals surface area contributed by atoms with Gasteiger partial charge >= 0.3 is 0 Å². The molecule has 0 saturated heterocycles. The van der Waals surface area contributed by atoms with Crippen molar-refractivity contribution in [1.82, 2.24) is 5.43 Å². The maximum atomic E-state index is 9.70. The van der Waals surface area contributed by atoms with Gasteiger partial charge in [-0.3, -0.25) is 5.43 Å². The molecule has 5 nitrogen and oxygen atoms in total. The van der Waals surface area contributed by atoms with Gasteiger partial charge in [-0.05, 0) is 24.4 Å². The maximum absolute atomic E-state index is 9.70. The molecule has 0 heterocycles. The minimum Gasteiger partial charge on any atom is -0.507 e. The number of hydrogen-bond donors (Lipinski definition) is 3. The van der Waals surface area contributed by atoms with Crippen LogP contribution in [0.25, 0.3) is 0 Å². The number of phenols is 1. The van der Waals surface area contributed by atoms with Gasteiger partial charge in [-0.1, -0.05) is 0 Å². The van der Waals surface area contributed by atoms with E-state index in [0.29, 0.717) is 5.56 Å². The number of thiocarbonyl (C=S) groups is 1. The minimum atomic E-state index is 0.0839. The number of phenolic OH excluding ortho intramolecular Hbond substituents is 1. The molecule has 1 aromatic carbocycles. The van der Waals surface area contributed by atoms with Gasteiger partial charge in [0.15, 0.2) is 5.11 Å². The second kappa shape index (κ2) is 5.32. The Morgan fingerprint density at radius 2 is 2.25 bits per heavy atom. The van der Waals surface area contributed by atoms with Crippen LogP contribution in [0.2, 0.25) is 0 Å². The van der Waals surface area contributed by atoms with Crippen LogP contribution in [-0.2, 0) is 0 Å². The molecule has 0 amide bonds. The maximum Gasteiger partial charge on any atom is 0.184 e. The molecule has 0 aromatic heterocycles. The zero-order valence-electron chi connectivity index (χ0n) is 9.14. The second-order valence-electron chi connectivity index (χ2n) is 3.37. The van der Waals surface area contributed by atoms with Gasteiger partial charge in [0, 0.05) is 31.4 Å². The zero-order valence-corrected chi connectivity index (χ0v) is 9.95. The lowest BCUT2D eigenvalue weighted by Crippen LogP contribution is -2.24. The number of aromatic hydroxyl groups is 1. The van der Waals surface area contributed by atoms with Gasteiger partial charge in [0.1, 0.15) is 5.75 Å². The Labute approximate surface area is 99.6 Å². The van der Waals surface area contributed by atoms with Crippen molar-refractivity contribution in [2.24, 2.45) is 10.8 Å². The summed E-state index contributed by atoms with van der Waals surface area (Å²) < 4.78 is 0. The van der Waals surface area contributed by atoms with Gasteiger partial charge in [0.25, 0.3) is 0 Å². The van der Waals surface area contributed by atoms with Crippen molar-refractivity contribution in [2.75, 3.05) is 19.0 Å². The highest BCUT2D eigenvalue weighted by Gasteiger charge is 2.01. The summed E-state index contributed by atoms with van der Waals surface area (Å²) in [4.78, 5) is 1.90. The summed E-state index contributed by atoms with van der Waals surface area (Å²) in [6, 6.07) is 5.29. The Balaban J connectivity index is 2.83. The van der Waals surface area contributed by atoms with E-state index in [1.165, 1.54) is 6.21 Å². The first kappa shape index (κ1) is 12.3. The molecule has 0 unspecified atom stereocenters. The molecule has 1 aromatic rings. The van der Waals surface area contributed by atoms with Gasteiger partial charge < -0.3 is 15.7 Å². The van der Waals surface area contributed by atoms with E-state index >= 15 is 0 Å². The van der Waals surface area contributed by atoms with Crippen LogP contribution < -0.4 is 16.1 Å². The smallest absolute Gasteiger partial charge is 0.184 e. The molecule has 16 heavy (non-hydrogen) atoms. The lowest BCUT2D eigenvalue weighted by atomic mass is 10.2. The predicted molar refractivity (Wildman–Crippen MR) is 69.9 cm³/mol. The van der Waals surface area contributed by atoms with Crippen LogP contribution in [-0.4, -0.2) is 30.5 Å². The van der Waals surface area contributed by atoms with E-state index in [1.54, 1.807) is 12.1 Å². The first-order chi connectivity index (χ1) is 7.50. The van der Waals surface area contributed by atoms with Crippen LogP contribution in [0.4, 0.5) is 5.69 Å². The molecule has 86 valence electrons. The summed E-state index contributed by atoms with van der Waals surface area (Å²) in [6.45, 7) is 0. The van der Waals surface area contributed by atoms with Gasteiger partial charge in [0.05, 0.1) is 6.21 Å². The van der Waals surface area contributed by atoms with E-state index in [2.05, 4.69) is 22.7 Å². The lowest BCUT2D eigenvalue weighted by Gasteiger charge is -2.12. The van der Waals surface area contributed by atoms with Crippen LogP contribution in [0.1, 0.15) is 5.56 Å². The molecule has 0 radical (unpaired) electrons. The number of rotatable bonds is 3. The first-order valence-electron chi connectivity index (χ1n) is 4.59. The molecule has 0 spiro atoms. The average Bonchev–Trinajstić information content (AvgIpc) is 2.19. The molecule has 0 saturated carbocycles. The van der Waals surface area contributed by atoms with Crippen molar-refractivity contribution >= 4 is 29.2 Å². The Bertz CT molecular complexity index is 417. The lowest BCUT2D eigenvalue weighted by molar-refractivity contribution is 0.474. The molecular weight excluding hydrogens is 224 g/mol. The first-order valence-corrected chi connectivity index (χ1v) is 5.00. The molecule has 0 aliphatic heterocycles. The summed E-state index contributed by atoms with van der Waals surface area (Å²) in [5.41, 5.74) is 9.12. The standard InChI is InChI=1S/C10H14N4OS/c1-14(2)8-4-3-7(9(15)5-8)6-12-13-10(11)16/h3-6,15H,1-2H3,(H3,11,13,16)/b12-6-. The molecule has 6 heteroatoms. The average molecular weight is 238 g/mol. The Morgan fingerprint density at radius 1 is 1.56 bits per heavy atom. The molecular formula is C10H14N4OS. The van der Waals surface area contributed by atoms with Crippen molar-refractivity contribution < 1.29 is 5.11 Å². The summed E-state index contributed by atoms with van der Waals surface area (Å²) in [5, 5.41) is 13.5. The highest BCUT2D eigenvalue weighted by molar-refractivity contribution is 7.80. The van der Waals surface area contributed by atoms with Gasteiger partial charge in [-0.25, -0.2) is 0 Å². The van der Waals surface area contributed by atoms with Gasteiger partial charge in [-0.2, -0.15) is 5.10 Å². The number of hydrogen-bond acceptors (Lipinski definition) is 4. The van der Waals surface area contributed by atoms with Crippen molar-refractivity contribution in [2.45, 2.75) is 0 Å². The van der Waals surface area contributed by atoms with E-state index < -0.39 is 0 Å². The van der Waals surface area contributed by atoms with E-state index in [4.69, 9.17) is 5.73 Å². The van der Waals surface area contributed by atoms with E-state index in [0.717, 1.165) is 5.69 Å². The zero-order chi connectivity index (χ0) is 12.1. The van der Waals surface area contributed by atoms with Crippen LogP contribution in [0.3, 0.4) is 0 Å². The predicted octanol–water partition coefficient (Wildman–Crippen LogP) is 0.625. The number of nitrogens with two attached hydrogens (primary N) is 1. The summed E-state index contributed by atoms with van der Waals surface area (Å²) in [6.07, 6.45) is 1.45. The molecule has 0 atom stereocenters. The molecule has 0 aliphatic rings. The monoisotopic (exact) mass is 238 g/mol. The van der Waals surface area contributed by atoms with Crippen LogP contribution in [0.5, 0.6) is 5.75 Å². The Morgan fingerprint density at radius 3 is 2.75 bits per heavy atom. The molecule has 1 rings (SSSR count). The molecule has 0 fully saturated rings. The van der Waals surface area contributed by atoms with Gasteiger partial charge in [0.2, 0.25) is 0 Å². The van der Waals surface area contributed by atoms with Crippen molar-refractivity contribution in [3.63, 3.8) is 0 Å². The number of benzene rings is 1. The summed E-state index contributed by atoms with van der Waals surface area (Å²) >= 11 is 4.58. The minimum absolute atomic E-state index is 0.0839. The van der Waals surface area contributed by atoms with Crippen molar-refractivity contribution in [1.29, 1.82) is 0 Å². The van der Waals surface area contributed by atoms with Crippen LogP contribution in [0.15, 0.2) is 23.3 Å². The number of nitrogens with one attached hydrogen (secondary N) is 1. The SMILES string of the molecule is CN(C)c1ccc(/C=N\NC(N)=S)c(O)c1. The quantitative estimate of drug-likeness (QED) is 0.409. The number of anilines is 1. The largest absolute Gasteiger partial charge is 0.507 e. The van der Waals surface area contributed by atoms with Crippen LogP contribution in [0, 0.1) is 0 Å². The van der Waals surface area contributed by atoms with Crippen molar-refractivity contribution in [3.8, 4) is 5.75 Å². The molecule has 4 N–H and O–H groups in total. The fraction of sp³-hybridized carbons (Fsp3) is 0.200. The normalized spacial score (nSPS) is 10.4. The Hall–Kier alpha value is -1.82. The third-order valence-corrected chi connectivity index (χ3v) is 2.00. The fourth-order valence-electron chi connectivity index (χ4n) is 1.08. The van der Waals surface area contributed by atoms with Gasteiger partial charge in [-0.15, -0.1) is 0 Å². The van der Waals surface area contributed by atoms with E-state index in [-0.39, 0.29) is 10.9 Å². The molecule has 0 bridgehead atoms. The highest BCUT2D eigenvalue weighted by Crippen LogP contribution is 2.21. The topological polar surface area (TPSA) is 73.9 Å². The van der Waals surface area contributed by atoms with E-state index in [1.807, 2.05) is 25.1 Å². The summed E-state index contributed by atoms with van der Waals surface area (Å²) in [5.74, 6) is 0.152. The van der Waals surface area contributed by atoms with Crippen LogP contribution >= 0.6 is 12.2 Å². The molecule has 0 aliphatic carbocycles. The second-order valence-corrected chi connectivity index (χ2v) is 3.81. The highest BCUT2D eigenvalue weighted by atomic mass is 32.1. The van der Waals surface area contributed by atoms with E-state index in [9.17, 15) is 5.11 Å². The third-order valence-electron chi connectivity index (χ3n) is 1.91. The fourth-order valence-corrected chi connectivity index (χ4v) is 1.14. The number of hydrazone groups is 1. The van der Waals surface area contributed by atoms with Crippen molar-refractivity contribution in [3.05, 3.63) is 23.8 Å².